The highest BCUT2D eigenvalue weighted by molar-refractivity contribution is 7.98. The Hall–Kier alpha value is -1.50. The molecule has 0 fully saturated rings. The number of hydrogen-bond acceptors (Lipinski definition) is 5. The van der Waals surface area contributed by atoms with Crippen LogP contribution in [-0.4, -0.2) is 29.4 Å². The van der Waals surface area contributed by atoms with Crippen molar-refractivity contribution in [2.24, 2.45) is 0 Å². The second-order valence-electron chi connectivity index (χ2n) is 4.61. The van der Waals surface area contributed by atoms with Crippen molar-refractivity contribution in [3.05, 3.63) is 45.6 Å². The number of hydrogen-bond donors (Lipinski definition) is 0. The number of anilines is 1. The number of cyclic esters (lactones) is 1. The van der Waals surface area contributed by atoms with Crippen LogP contribution >= 0.6 is 35.0 Å². The molecule has 1 amide bonds. The largest absolute Gasteiger partial charge is 0.436 e. The van der Waals surface area contributed by atoms with E-state index in [0.717, 1.165) is 5.56 Å². The lowest BCUT2D eigenvalue weighted by atomic mass is 10.0. The molecule has 1 aliphatic rings. The summed E-state index contributed by atoms with van der Waals surface area (Å²) >= 11 is 13.6. The molecule has 2 aromatic rings. The molecule has 22 heavy (non-hydrogen) atoms. The summed E-state index contributed by atoms with van der Waals surface area (Å²) in [6, 6.07) is 7.03. The van der Waals surface area contributed by atoms with Gasteiger partial charge in [-0.2, -0.15) is 0 Å². The van der Waals surface area contributed by atoms with Crippen molar-refractivity contribution in [3.63, 3.8) is 0 Å². The van der Waals surface area contributed by atoms with Crippen LogP contribution in [-0.2, 0) is 4.74 Å². The van der Waals surface area contributed by atoms with Gasteiger partial charge in [-0.3, -0.25) is 4.90 Å². The molecule has 0 spiro atoms. The van der Waals surface area contributed by atoms with Gasteiger partial charge in [0.1, 0.15) is 5.15 Å². The lowest BCUT2D eigenvalue weighted by molar-refractivity contribution is 0.118. The Kier molecular flexibility index (Phi) is 4.16. The van der Waals surface area contributed by atoms with Gasteiger partial charge >= 0.3 is 6.09 Å². The summed E-state index contributed by atoms with van der Waals surface area (Å²) in [4.78, 5) is 22.0. The monoisotopic (exact) mass is 355 g/mol. The summed E-state index contributed by atoms with van der Waals surface area (Å²) < 4.78 is 5.48. The van der Waals surface area contributed by atoms with Crippen LogP contribution in [0.1, 0.15) is 17.2 Å². The molecule has 0 radical (unpaired) electrons. The number of thioether (sulfide) groups is 1. The van der Waals surface area contributed by atoms with E-state index < -0.39 is 12.2 Å². The minimum Gasteiger partial charge on any atom is -0.436 e. The zero-order valence-corrected chi connectivity index (χ0v) is 14.0. The molecule has 3 rings (SSSR count). The molecule has 1 aliphatic heterocycles. The molecule has 0 bridgehead atoms. The van der Waals surface area contributed by atoms with Gasteiger partial charge in [0.05, 0.1) is 5.56 Å². The van der Waals surface area contributed by atoms with Crippen LogP contribution in [0.25, 0.3) is 0 Å². The minimum absolute atomic E-state index is 0.272. The van der Waals surface area contributed by atoms with Crippen molar-refractivity contribution in [1.82, 2.24) is 9.97 Å². The molecule has 1 unspecified atom stereocenters. The first-order valence-corrected chi connectivity index (χ1v) is 8.30. The van der Waals surface area contributed by atoms with E-state index in [0.29, 0.717) is 21.6 Å². The maximum atomic E-state index is 12.1. The summed E-state index contributed by atoms with van der Waals surface area (Å²) in [5.74, 6) is 0.459. The van der Waals surface area contributed by atoms with E-state index in [2.05, 4.69) is 9.97 Å². The molecule has 5 nitrogen and oxygen atoms in total. The Morgan fingerprint density at radius 3 is 2.55 bits per heavy atom. The molecular formula is C14H11Cl2N3O2S. The first-order chi connectivity index (χ1) is 10.5. The SMILES string of the molecule is CSc1nc(Cl)c2c(n1)N(C)C(=O)OC2c1ccc(Cl)cc1. The fourth-order valence-corrected chi connectivity index (χ4v) is 2.98. The van der Waals surface area contributed by atoms with Crippen molar-refractivity contribution < 1.29 is 9.53 Å². The van der Waals surface area contributed by atoms with E-state index in [9.17, 15) is 4.79 Å². The van der Waals surface area contributed by atoms with Gasteiger partial charge in [-0.15, -0.1) is 0 Å². The van der Waals surface area contributed by atoms with E-state index in [1.165, 1.54) is 16.7 Å². The molecule has 1 atom stereocenters. The maximum Gasteiger partial charge on any atom is 0.416 e. The van der Waals surface area contributed by atoms with Gasteiger partial charge in [0, 0.05) is 12.1 Å². The fourth-order valence-electron chi connectivity index (χ4n) is 2.18. The number of rotatable bonds is 2. The molecule has 114 valence electrons. The van der Waals surface area contributed by atoms with Crippen LogP contribution in [0.4, 0.5) is 10.6 Å². The Balaban J connectivity index is 2.17. The van der Waals surface area contributed by atoms with Crippen LogP contribution in [0.3, 0.4) is 0 Å². The zero-order valence-electron chi connectivity index (χ0n) is 11.7. The highest BCUT2D eigenvalue weighted by Crippen LogP contribution is 2.41. The number of nitrogens with zero attached hydrogens (tertiary/aromatic N) is 3. The number of carbonyl (C=O) groups is 1. The first-order valence-electron chi connectivity index (χ1n) is 6.32. The van der Waals surface area contributed by atoms with Gasteiger partial charge in [0.25, 0.3) is 0 Å². The molecule has 0 N–H and O–H groups in total. The predicted octanol–water partition coefficient (Wildman–Crippen LogP) is 4.18. The van der Waals surface area contributed by atoms with Crippen LogP contribution in [0.15, 0.2) is 29.4 Å². The summed E-state index contributed by atoms with van der Waals surface area (Å²) in [7, 11) is 1.59. The van der Waals surface area contributed by atoms with Crippen molar-refractivity contribution in [2.75, 3.05) is 18.2 Å². The van der Waals surface area contributed by atoms with E-state index in [1.54, 1.807) is 31.3 Å². The highest BCUT2D eigenvalue weighted by atomic mass is 35.5. The van der Waals surface area contributed by atoms with Crippen LogP contribution in [0.2, 0.25) is 10.2 Å². The van der Waals surface area contributed by atoms with Crippen LogP contribution in [0, 0.1) is 0 Å². The summed E-state index contributed by atoms with van der Waals surface area (Å²) in [6.45, 7) is 0. The average Bonchev–Trinajstić information content (AvgIpc) is 2.51. The van der Waals surface area contributed by atoms with Crippen molar-refractivity contribution in [2.45, 2.75) is 11.3 Å². The third kappa shape index (κ3) is 2.62. The van der Waals surface area contributed by atoms with Crippen LogP contribution in [0.5, 0.6) is 0 Å². The topological polar surface area (TPSA) is 55.3 Å². The fraction of sp³-hybridized carbons (Fsp3) is 0.214. The molecule has 0 saturated carbocycles. The van der Waals surface area contributed by atoms with E-state index in [4.69, 9.17) is 27.9 Å². The summed E-state index contributed by atoms with van der Waals surface area (Å²) in [6.07, 6.45) is 0.698. The molecule has 2 heterocycles. The quantitative estimate of drug-likeness (QED) is 0.459. The highest BCUT2D eigenvalue weighted by Gasteiger charge is 2.36. The van der Waals surface area contributed by atoms with Crippen molar-refractivity contribution in [3.8, 4) is 0 Å². The zero-order chi connectivity index (χ0) is 15.9. The smallest absolute Gasteiger partial charge is 0.416 e. The second-order valence-corrected chi connectivity index (χ2v) is 6.18. The number of aromatic nitrogens is 2. The Morgan fingerprint density at radius 1 is 1.23 bits per heavy atom. The van der Waals surface area contributed by atoms with Crippen LogP contribution < -0.4 is 4.90 Å². The number of ether oxygens (including phenoxy) is 1. The van der Waals surface area contributed by atoms with Gasteiger partial charge in [0.15, 0.2) is 17.1 Å². The number of halogens is 2. The molecular weight excluding hydrogens is 345 g/mol. The van der Waals surface area contributed by atoms with Crippen molar-refractivity contribution in [1.29, 1.82) is 0 Å². The number of carbonyl (C=O) groups excluding carboxylic acids is 1. The normalized spacial score (nSPS) is 17.2. The molecule has 1 aromatic carbocycles. The molecule has 1 aromatic heterocycles. The second kappa shape index (κ2) is 5.95. The third-order valence-electron chi connectivity index (χ3n) is 3.29. The lowest BCUT2D eigenvalue weighted by Crippen LogP contribution is -2.36. The molecule has 0 aliphatic carbocycles. The number of fused-ring (bicyclic) bond motifs is 1. The van der Waals surface area contributed by atoms with E-state index in [-0.39, 0.29) is 5.15 Å². The third-order valence-corrected chi connectivity index (χ3v) is 4.37. The summed E-state index contributed by atoms with van der Waals surface area (Å²) in [5.41, 5.74) is 1.33. The van der Waals surface area contributed by atoms with Gasteiger partial charge in [-0.25, -0.2) is 14.8 Å². The lowest BCUT2D eigenvalue weighted by Gasteiger charge is -2.31. The summed E-state index contributed by atoms with van der Waals surface area (Å²) in [5, 5.41) is 1.37. The first kappa shape index (κ1) is 15.4. The minimum atomic E-state index is -0.653. The predicted molar refractivity (Wildman–Crippen MR) is 87.0 cm³/mol. The molecule has 8 heteroatoms. The molecule has 0 saturated heterocycles. The Labute approximate surface area is 141 Å². The van der Waals surface area contributed by atoms with Crippen molar-refractivity contribution >= 4 is 46.9 Å². The standard InChI is InChI=1S/C14H11Cl2N3O2S/c1-19-12-9(11(16)17-13(18-12)22-2)10(21-14(19)20)7-3-5-8(15)6-4-7/h3-6,10H,1-2H3. The van der Waals surface area contributed by atoms with E-state index >= 15 is 0 Å². The van der Waals surface area contributed by atoms with E-state index in [1.807, 2.05) is 6.26 Å². The van der Waals surface area contributed by atoms with Gasteiger partial charge < -0.3 is 4.74 Å². The average molecular weight is 356 g/mol. The van der Waals surface area contributed by atoms with Gasteiger partial charge in [-0.1, -0.05) is 47.1 Å². The number of benzene rings is 1. The Bertz CT molecular complexity index is 740. The number of amides is 1. The van der Waals surface area contributed by atoms with Gasteiger partial charge in [-0.05, 0) is 24.0 Å². The van der Waals surface area contributed by atoms with Gasteiger partial charge in [0.2, 0.25) is 0 Å². The maximum absolute atomic E-state index is 12.1. The Morgan fingerprint density at radius 2 is 1.91 bits per heavy atom.